The first-order chi connectivity index (χ1) is 14.2. The number of amides is 1. The second kappa shape index (κ2) is 9.34. The number of hydrogen-bond donors (Lipinski definition) is 0. The van der Waals surface area contributed by atoms with E-state index in [4.69, 9.17) is 4.74 Å². The summed E-state index contributed by atoms with van der Waals surface area (Å²) in [6.45, 7) is 7.17. The average Bonchev–Trinajstić information content (AvgIpc) is 2.72. The predicted octanol–water partition coefficient (Wildman–Crippen LogP) is 1.70. The van der Waals surface area contributed by atoms with Crippen molar-refractivity contribution in [1.29, 1.82) is 0 Å². The molecule has 3 heterocycles. The summed E-state index contributed by atoms with van der Waals surface area (Å²) in [5.74, 6) is 0.249. The van der Waals surface area contributed by atoms with Gasteiger partial charge in [-0.3, -0.25) is 18.7 Å². The van der Waals surface area contributed by atoms with E-state index < -0.39 is 5.69 Å². The van der Waals surface area contributed by atoms with E-state index in [1.807, 2.05) is 18.7 Å². The van der Waals surface area contributed by atoms with Crippen molar-refractivity contribution in [3.63, 3.8) is 0 Å². The maximum absolute atomic E-state index is 13.0. The van der Waals surface area contributed by atoms with Gasteiger partial charge in [-0.1, -0.05) is 13.3 Å². The largest absolute Gasteiger partial charge is 0.372 e. The molecule has 1 amide bonds. The van der Waals surface area contributed by atoms with Crippen molar-refractivity contribution in [3.05, 3.63) is 32.6 Å². The van der Waals surface area contributed by atoms with Gasteiger partial charge in [0.2, 0.25) is 5.91 Å². The second-order valence-corrected chi connectivity index (χ2v) is 8.95. The molecule has 0 bridgehead atoms. The number of thioether (sulfide) groups is 1. The van der Waals surface area contributed by atoms with Crippen LogP contribution in [0.5, 0.6) is 0 Å². The molecule has 8 nitrogen and oxygen atoms in total. The Kier molecular flexibility index (Phi) is 7.02. The van der Waals surface area contributed by atoms with E-state index in [9.17, 15) is 14.4 Å². The van der Waals surface area contributed by atoms with Crippen LogP contribution in [-0.2, 0) is 30.0 Å². The topological polar surface area (TPSA) is 86.4 Å². The van der Waals surface area contributed by atoms with E-state index in [2.05, 4.69) is 11.9 Å². The molecule has 2 atom stereocenters. The summed E-state index contributed by atoms with van der Waals surface area (Å²) in [4.78, 5) is 45.2. The lowest BCUT2D eigenvalue weighted by atomic mass is 10.1. The quantitative estimate of drug-likeness (QED) is 0.644. The Balaban J connectivity index is 1.99. The Morgan fingerprint density at radius 3 is 2.50 bits per heavy atom. The molecule has 164 valence electrons. The van der Waals surface area contributed by atoms with Crippen LogP contribution in [0.1, 0.15) is 39.2 Å². The molecule has 0 unspecified atom stereocenters. The van der Waals surface area contributed by atoms with Crippen LogP contribution in [0.4, 0.5) is 0 Å². The van der Waals surface area contributed by atoms with Gasteiger partial charge < -0.3 is 9.64 Å². The number of carbonyl (C=O) groups is 1. The zero-order chi connectivity index (χ0) is 22.0. The third kappa shape index (κ3) is 4.46. The highest BCUT2D eigenvalue weighted by Crippen LogP contribution is 2.29. The van der Waals surface area contributed by atoms with Gasteiger partial charge in [-0.15, -0.1) is 11.8 Å². The summed E-state index contributed by atoms with van der Waals surface area (Å²) in [5.41, 5.74) is 0.515. The number of aromatic nitrogens is 3. The van der Waals surface area contributed by atoms with Crippen LogP contribution < -0.4 is 11.2 Å². The number of rotatable bonds is 6. The normalized spacial score (nSPS) is 19.4. The van der Waals surface area contributed by atoms with Crippen LogP contribution in [0, 0.1) is 0 Å². The molecule has 0 aliphatic carbocycles. The molecule has 1 fully saturated rings. The molecular weight excluding hydrogens is 404 g/mol. The zero-order valence-corrected chi connectivity index (χ0v) is 19.1. The van der Waals surface area contributed by atoms with Crippen LogP contribution in [0.25, 0.3) is 11.0 Å². The fraction of sp³-hybridized carbons (Fsp3) is 0.619. The molecule has 0 aromatic carbocycles. The maximum atomic E-state index is 13.0. The Morgan fingerprint density at radius 1 is 1.20 bits per heavy atom. The fourth-order valence-corrected chi connectivity index (χ4v) is 4.97. The standard InChI is InChI=1S/C21H30N4O4S/c1-6-7-8-15-9-22-19-17(20(27)24(5)21(28)23(19)4)18(15)30-12-16(26)25-10-13(2)29-14(3)11-25/h9,13-14H,6-8,10-12H2,1-5H3/t13-,14-/m1/s1. The number of pyridine rings is 1. The van der Waals surface area contributed by atoms with Gasteiger partial charge in [-0.2, -0.15) is 0 Å². The van der Waals surface area contributed by atoms with Gasteiger partial charge in [0, 0.05) is 38.3 Å². The summed E-state index contributed by atoms with van der Waals surface area (Å²) >= 11 is 1.37. The Bertz CT molecular complexity index is 1050. The van der Waals surface area contributed by atoms with Crippen molar-refractivity contribution in [2.24, 2.45) is 14.1 Å². The Labute approximate surface area is 180 Å². The maximum Gasteiger partial charge on any atom is 0.332 e. The lowest BCUT2D eigenvalue weighted by Crippen LogP contribution is -2.48. The summed E-state index contributed by atoms with van der Waals surface area (Å²) in [6.07, 6.45) is 4.49. The molecule has 9 heteroatoms. The fourth-order valence-electron chi connectivity index (χ4n) is 3.86. The highest BCUT2D eigenvalue weighted by atomic mass is 32.2. The molecule has 0 N–H and O–H groups in total. The van der Waals surface area contributed by atoms with Gasteiger partial charge in [0.25, 0.3) is 5.56 Å². The van der Waals surface area contributed by atoms with E-state index in [1.54, 1.807) is 13.2 Å². The molecule has 2 aromatic rings. The zero-order valence-electron chi connectivity index (χ0n) is 18.3. The third-order valence-corrected chi connectivity index (χ3v) is 6.55. The van der Waals surface area contributed by atoms with Crippen molar-refractivity contribution >= 4 is 28.7 Å². The van der Waals surface area contributed by atoms with Crippen LogP contribution in [0.3, 0.4) is 0 Å². The first-order valence-corrected chi connectivity index (χ1v) is 11.4. The first kappa shape index (κ1) is 22.6. The van der Waals surface area contributed by atoms with Gasteiger partial charge in [0.15, 0.2) is 0 Å². The molecule has 1 saturated heterocycles. The number of ether oxygens (including phenoxy) is 1. The minimum Gasteiger partial charge on any atom is -0.372 e. The number of morpholine rings is 1. The molecule has 1 aliphatic heterocycles. The van der Waals surface area contributed by atoms with Crippen molar-refractivity contribution in [2.45, 2.75) is 57.1 Å². The van der Waals surface area contributed by atoms with Crippen molar-refractivity contribution in [2.75, 3.05) is 18.8 Å². The molecular formula is C21H30N4O4S. The van der Waals surface area contributed by atoms with E-state index in [0.29, 0.717) is 24.1 Å². The van der Waals surface area contributed by atoms with E-state index in [-0.39, 0.29) is 29.4 Å². The highest BCUT2D eigenvalue weighted by Gasteiger charge is 2.26. The average molecular weight is 435 g/mol. The number of unbranched alkanes of at least 4 members (excludes halogenated alkanes) is 1. The first-order valence-electron chi connectivity index (χ1n) is 10.4. The van der Waals surface area contributed by atoms with Crippen LogP contribution >= 0.6 is 11.8 Å². The van der Waals surface area contributed by atoms with Crippen molar-refractivity contribution < 1.29 is 9.53 Å². The van der Waals surface area contributed by atoms with E-state index in [1.165, 1.54) is 23.4 Å². The number of hydrogen-bond acceptors (Lipinski definition) is 6. The Hall–Kier alpha value is -2.13. The number of nitrogens with zero attached hydrogens (tertiary/aromatic N) is 4. The molecule has 0 spiro atoms. The Morgan fingerprint density at radius 2 is 1.87 bits per heavy atom. The van der Waals surface area contributed by atoms with Crippen molar-refractivity contribution in [1.82, 2.24) is 19.0 Å². The summed E-state index contributed by atoms with van der Waals surface area (Å²) in [7, 11) is 3.08. The third-order valence-electron chi connectivity index (χ3n) is 5.41. The van der Waals surface area contributed by atoms with E-state index >= 15 is 0 Å². The molecule has 0 saturated carbocycles. The molecule has 3 rings (SSSR count). The molecule has 2 aromatic heterocycles. The monoisotopic (exact) mass is 434 g/mol. The van der Waals surface area contributed by atoms with Crippen molar-refractivity contribution in [3.8, 4) is 0 Å². The SMILES string of the molecule is CCCCc1cnc2c(c1SCC(=O)N1C[C@@H](C)O[C@H](C)C1)c(=O)n(C)c(=O)n2C. The molecule has 30 heavy (non-hydrogen) atoms. The summed E-state index contributed by atoms with van der Waals surface area (Å²) in [6, 6.07) is 0. The smallest absolute Gasteiger partial charge is 0.332 e. The second-order valence-electron chi connectivity index (χ2n) is 7.97. The van der Waals surface area contributed by atoms with Gasteiger partial charge in [-0.05, 0) is 32.3 Å². The van der Waals surface area contributed by atoms with Gasteiger partial charge in [-0.25, -0.2) is 9.78 Å². The highest BCUT2D eigenvalue weighted by molar-refractivity contribution is 8.00. The van der Waals surface area contributed by atoms with Gasteiger partial charge >= 0.3 is 5.69 Å². The van der Waals surface area contributed by atoms with E-state index in [0.717, 1.165) is 34.3 Å². The minimum absolute atomic E-state index is 0.00592. The lowest BCUT2D eigenvalue weighted by Gasteiger charge is -2.35. The summed E-state index contributed by atoms with van der Waals surface area (Å²) in [5, 5.41) is 0.412. The summed E-state index contributed by atoms with van der Waals surface area (Å²) < 4.78 is 8.21. The number of fused-ring (bicyclic) bond motifs is 1. The molecule has 1 aliphatic rings. The van der Waals surface area contributed by atoms with Crippen LogP contribution in [-0.4, -0.2) is 56.0 Å². The predicted molar refractivity (Wildman–Crippen MR) is 118 cm³/mol. The van der Waals surface area contributed by atoms with Crippen LogP contribution in [0.2, 0.25) is 0 Å². The minimum atomic E-state index is -0.412. The number of carbonyl (C=O) groups excluding carboxylic acids is 1. The molecule has 0 radical (unpaired) electrons. The lowest BCUT2D eigenvalue weighted by molar-refractivity contribution is -0.140. The number of aryl methyl sites for hydroxylation is 2. The van der Waals surface area contributed by atoms with Gasteiger partial charge in [0.1, 0.15) is 5.65 Å². The van der Waals surface area contributed by atoms with Gasteiger partial charge in [0.05, 0.1) is 23.3 Å². The van der Waals surface area contributed by atoms with Crippen LogP contribution in [0.15, 0.2) is 20.7 Å².